The van der Waals surface area contributed by atoms with Gasteiger partial charge in [-0.1, -0.05) is 0 Å². The molecule has 1 saturated carbocycles. The number of likely N-dealkylation sites (tertiary alicyclic amines) is 1. The van der Waals surface area contributed by atoms with E-state index in [9.17, 15) is 0 Å². The van der Waals surface area contributed by atoms with Crippen molar-refractivity contribution in [2.75, 3.05) is 27.2 Å². The first-order chi connectivity index (χ1) is 9.22. The molecule has 2 heterocycles. The van der Waals surface area contributed by atoms with Gasteiger partial charge in [-0.15, -0.1) is 0 Å². The minimum absolute atomic E-state index is 0.461. The lowest BCUT2D eigenvalue weighted by Gasteiger charge is -2.23. The molecule has 0 amide bonds. The summed E-state index contributed by atoms with van der Waals surface area (Å²) in [6.07, 6.45) is 7.28. The van der Waals surface area contributed by atoms with Crippen molar-refractivity contribution in [1.82, 2.24) is 19.8 Å². The first-order valence-corrected chi connectivity index (χ1v) is 7.43. The molecule has 1 unspecified atom stereocenters. The highest BCUT2D eigenvalue weighted by Crippen LogP contribution is 2.36. The second kappa shape index (κ2) is 5.55. The Balaban J connectivity index is 1.72. The Morgan fingerprint density at radius 1 is 1.32 bits per heavy atom. The van der Waals surface area contributed by atoms with Crippen LogP contribution in [0.2, 0.25) is 0 Å². The number of rotatable bonds is 5. The maximum absolute atomic E-state index is 4.78. The van der Waals surface area contributed by atoms with Crippen LogP contribution in [0.25, 0.3) is 0 Å². The fourth-order valence-electron chi connectivity index (χ4n) is 2.95. The van der Waals surface area contributed by atoms with Crippen LogP contribution in [-0.4, -0.2) is 47.0 Å². The smallest absolute Gasteiger partial charge is 0.145 e. The molecule has 0 bridgehead atoms. The predicted molar refractivity (Wildman–Crippen MR) is 75.7 cm³/mol. The molecule has 0 radical (unpaired) electrons. The van der Waals surface area contributed by atoms with Crippen LogP contribution in [0.15, 0.2) is 12.3 Å². The minimum atomic E-state index is 0.461. The lowest BCUT2D eigenvalue weighted by atomic mass is 10.2. The molecule has 1 saturated heterocycles. The largest absolute Gasteiger partial charge is 0.304 e. The highest BCUT2D eigenvalue weighted by atomic mass is 15.2. The molecule has 1 aliphatic heterocycles. The lowest BCUT2D eigenvalue weighted by molar-refractivity contribution is 0.237. The molecule has 0 aromatic carbocycles. The van der Waals surface area contributed by atoms with Gasteiger partial charge >= 0.3 is 0 Å². The Morgan fingerprint density at radius 2 is 2.16 bits per heavy atom. The van der Waals surface area contributed by atoms with Gasteiger partial charge in [0.2, 0.25) is 0 Å². The van der Waals surface area contributed by atoms with Gasteiger partial charge in [-0.2, -0.15) is 0 Å². The normalized spacial score (nSPS) is 24.3. The second-order valence-corrected chi connectivity index (χ2v) is 6.24. The van der Waals surface area contributed by atoms with Crippen LogP contribution in [0.3, 0.4) is 0 Å². The summed E-state index contributed by atoms with van der Waals surface area (Å²) in [4.78, 5) is 14.1. The van der Waals surface area contributed by atoms with Gasteiger partial charge < -0.3 is 4.90 Å². The lowest BCUT2D eigenvalue weighted by Crippen LogP contribution is -2.27. The Labute approximate surface area is 115 Å². The number of aromatic nitrogens is 2. The summed E-state index contributed by atoms with van der Waals surface area (Å²) in [6.45, 7) is 3.37. The molecule has 1 aromatic rings. The van der Waals surface area contributed by atoms with Gasteiger partial charge in [-0.25, -0.2) is 9.97 Å². The standard InChI is InChI=1S/C15H24N4/c1-18(2)11-13-7-8-16-15(17-13)14-4-3-9-19(14)10-12-5-6-12/h7-8,12,14H,3-6,9-11H2,1-2H3. The zero-order valence-electron chi connectivity index (χ0n) is 12.0. The SMILES string of the molecule is CN(C)Cc1ccnc(C2CCCN2CC2CC2)n1. The highest BCUT2D eigenvalue weighted by molar-refractivity contribution is 5.07. The van der Waals surface area contributed by atoms with Crippen molar-refractivity contribution < 1.29 is 0 Å². The van der Waals surface area contributed by atoms with E-state index in [1.165, 1.54) is 38.8 Å². The van der Waals surface area contributed by atoms with Gasteiger partial charge in [0, 0.05) is 19.3 Å². The van der Waals surface area contributed by atoms with E-state index < -0.39 is 0 Å². The molecule has 2 aliphatic rings. The first kappa shape index (κ1) is 13.0. The van der Waals surface area contributed by atoms with Crippen LogP contribution in [0.5, 0.6) is 0 Å². The zero-order valence-corrected chi connectivity index (χ0v) is 12.0. The van der Waals surface area contributed by atoms with Crippen LogP contribution in [-0.2, 0) is 6.54 Å². The third kappa shape index (κ3) is 3.31. The van der Waals surface area contributed by atoms with Gasteiger partial charge in [-0.3, -0.25) is 4.90 Å². The molecule has 1 aromatic heterocycles. The monoisotopic (exact) mass is 260 g/mol. The van der Waals surface area contributed by atoms with E-state index in [-0.39, 0.29) is 0 Å². The van der Waals surface area contributed by atoms with Crippen molar-refractivity contribution in [3.63, 3.8) is 0 Å². The molecule has 4 heteroatoms. The molecule has 0 spiro atoms. The van der Waals surface area contributed by atoms with Crippen LogP contribution in [0, 0.1) is 5.92 Å². The molecule has 3 rings (SSSR count). The third-order valence-electron chi connectivity index (χ3n) is 4.06. The Bertz CT molecular complexity index is 428. The fraction of sp³-hybridized carbons (Fsp3) is 0.733. The van der Waals surface area contributed by atoms with Crippen LogP contribution < -0.4 is 0 Å². The van der Waals surface area contributed by atoms with Gasteiger partial charge in [0.05, 0.1) is 11.7 Å². The first-order valence-electron chi connectivity index (χ1n) is 7.43. The molecule has 2 fully saturated rings. The van der Waals surface area contributed by atoms with E-state index >= 15 is 0 Å². The minimum Gasteiger partial charge on any atom is -0.304 e. The average molecular weight is 260 g/mol. The van der Waals surface area contributed by atoms with Crippen LogP contribution in [0.1, 0.15) is 43.2 Å². The summed E-state index contributed by atoms with van der Waals surface area (Å²) in [7, 11) is 4.16. The van der Waals surface area contributed by atoms with E-state index in [1.54, 1.807) is 0 Å². The maximum Gasteiger partial charge on any atom is 0.145 e. The Morgan fingerprint density at radius 3 is 2.89 bits per heavy atom. The topological polar surface area (TPSA) is 32.3 Å². The second-order valence-electron chi connectivity index (χ2n) is 6.24. The van der Waals surface area contributed by atoms with E-state index in [0.29, 0.717) is 6.04 Å². The molecule has 104 valence electrons. The number of hydrogen-bond donors (Lipinski definition) is 0. The molecular weight excluding hydrogens is 236 g/mol. The molecule has 0 N–H and O–H groups in total. The van der Waals surface area contributed by atoms with E-state index in [1.807, 2.05) is 12.3 Å². The van der Waals surface area contributed by atoms with Crippen LogP contribution >= 0.6 is 0 Å². The van der Waals surface area contributed by atoms with Crippen molar-refractivity contribution in [1.29, 1.82) is 0 Å². The maximum atomic E-state index is 4.78. The Hall–Kier alpha value is -1.00. The van der Waals surface area contributed by atoms with Gasteiger partial charge in [-0.05, 0) is 58.3 Å². The van der Waals surface area contributed by atoms with Crippen molar-refractivity contribution in [3.8, 4) is 0 Å². The summed E-state index contributed by atoms with van der Waals surface area (Å²) >= 11 is 0. The van der Waals surface area contributed by atoms with E-state index in [4.69, 9.17) is 4.98 Å². The van der Waals surface area contributed by atoms with E-state index in [0.717, 1.165) is 24.0 Å². The summed E-state index contributed by atoms with van der Waals surface area (Å²) in [5, 5.41) is 0. The average Bonchev–Trinajstić information content (AvgIpc) is 3.05. The molecule has 1 aliphatic carbocycles. The molecule has 1 atom stereocenters. The fourth-order valence-corrected chi connectivity index (χ4v) is 2.95. The van der Waals surface area contributed by atoms with Gasteiger partial charge in [0.1, 0.15) is 5.82 Å². The van der Waals surface area contributed by atoms with Crippen molar-refractivity contribution in [2.24, 2.45) is 5.92 Å². The number of hydrogen-bond acceptors (Lipinski definition) is 4. The zero-order chi connectivity index (χ0) is 13.2. The van der Waals surface area contributed by atoms with Gasteiger partial charge in [0.15, 0.2) is 0 Å². The summed E-state index contributed by atoms with van der Waals surface area (Å²) in [5.41, 5.74) is 1.13. The summed E-state index contributed by atoms with van der Waals surface area (Å²) in [6, 6.07) is 2.49. The quantitative estimate of drug-likeness (QED) is 0.811. The van der Waals surface area contributed by atoms with Crippen molar-refractivity contribution >= 4 is 0 Å². The molecular formula is C15H24N4. The molecule has 4 nitrogen and oxygen atoms in total. The highest BCUT2D eigenvalue weighted by Gasteiger charge is 2.33. The molecule has 19 heavy (non-hydrogen) atoms. The number of nitrogens with zero attached hydrogens (tertiary/aromatic N) is 4. The van der Waals surface area contributed by atoms with Crippen molar-refractivity contribution in [2.45, 2.75) is 38.3 Å². The summed E-state index contributed by atoms with van der Waals surface area (Å²) < 4.78 is 0. The van der Waals surface area contributed by atoms with Crippen LogP contribution in [0.4, 0.5) is 0 Å². The third-order valence-corrected chi connectivity index (χ3v) is 4.06. The summed E-state index contributed by atoms with van der Waals surface area (Å²) in [5.74, 6) is 1.99. The van der Waals surface area contributed by atoms with Crippen molar-refractivity contribution in [3.05, 3.63) is 23.8 Å². The predicted octanol–water partition coefficient (Wildman–Crippen LogP) is 2.09. The van der Waals surface area contributed by atoms with E-state index in [2.05, 4.69) is 28.9 Å². The Kier molecular flexibility index (Phi) is 3.80. The van der Waals surface area contributed by atoms with Gasteiger partial charge in [0.25, 0.3) is 0 Å².